The molecule has 0 saturated carbocycles. The highest BCUT2D eigenvalue weighted by molar-refractivity contribution is 6.46. The van der Waals surface area contributed by atoms with Crippen LogP contribution in [0, 0.1) is 0 Å². The first-order chi connectivity index (χ1) is 18.3. The standard InChI is InChI=1S/C30H39NO7/c1-6-7-8-17-38-23-13-10-21(11-14-23)28(32)26-27(22-12-15-24(35-4)25(19-22)36-5)31(30(34)29(26)33)16-9-18-37-20(2)3/h10-15,19-20,27,32H,6-9,16-18H2,1-5H3/b28-26-. The lowest BCUT2D eigenvalue weighted by atomic mass is 9.95. The minimum Gasteiger partial charge on any atom is -0.507 e. The van der Waals surface area contributed by atoms with Crippen molar-refractivity contribution in [3.63, 3.8) is 0 Å². The summed E-state index contributed by atoms with van der Waals surface area (Å²) < 4.78 is 22.2. The average Bonchev–Trinajstić information content (AvgIpc) is 3.17. The molecular formula is C30H39NO7. The van der Waals surface area contributed by atoms with Crippen molar-refractivity contribution in [2.75, 3.05) is 34.0 Å². The second-order valence-corrected chi connectivity index (χ2v) is 9.46. The van der Waals surface area contributed by atoms with Crippen LogP contribution in [0.4, 0.5) is 0 Å². The zero-order valence-corrected chi connectivity index (χ0v) is 23.0. The van der Waals surface area contributed by atoms with E-state index < -0.39 is 17.7 Å². The number of ketones is 1. The molecule has 8 heteroatoms. The minimum absolute atomic E-state index is 0.0311. The first kappa shape index (κ1) is 29.0. The van der Waals surface area contributed by atoms with Crippen LogP contribution in [-0.2, 0) is 14.3 Å². The van der Waals surface area contributed by atoms with Crippen molar-refractivity contribution in [1.82, 2.24) is 4.90 Å². The lowest BCUT2D eigenvalue weighted by Crippen LogP contribution is -2.31. The van der Waals surface area contributed by atoms with E-state index in [4.69, 9.17) is 18.9 Å². The molecule has 38 heavy (non-hydrogen) atoms. The molecule has 2 aromatic rings. The van der Waals surface area contributed by atoms with Crippen molar-refractivity contribution in [3.05, 3.63) is 59.2 Å². The van der Waals surface area contributed by atoms with E-state index in [1.807, 2.05) is 13.8 Å². The average molecular weight is 526 g/mol. The van der Waals surface area contributed by atoms with Gasteiger partial charge in [-0.05, 0) is 68.7 Å². The number of carbonyl (C=O) groups is 2. The van der Waals surface area contributed by atoms with Gasteiger partial charge in [0.2, 0.25) is 0 Å². The van der Waals surface area contributed by atoms with Crippen molar-refractivity contribution in [3.8, 4) is 17.2 Å². The van der Waals surface area contributed by atoms with E-state index in [0.29, 0.717) is 48.0 Å². The van der Waals surface area contributed by atoms with Crippen molar-refractivity contribution in [1.29, 1.82) is 0 Å². The maximum absolute atomic E-state index is 13.3. The SMILES string of the molecule is CCCCCOc1ccc(/C(O)=C2/C(=O)C(=O)N(CCCOC(C)C)C2c2ccc(OC)c(OC)c2)cc1. The number of benzene rings is 2. The van der Waals surface area contributed by atoms with Crippen LogP contribution in [0.25, 0.3) is 5.76 Å². The number of likely N-dealkylation sites (tertiary alicyclic amines) is 1. The van der Waals surface area contributed by atoms with E-state index in [9.17, 15) is 14.7 Å². The Morgan fingerprint density at radius 1 is 0.947 bits per heavy atom. The number of methoxy groups -OCH3 is 2. The van der Waals surface area contributed by atoms with Crippen molar-refractivity contribution < 1.29 is 33.6 Å². The topological polar surface area (TPSA) is 94.5 Å². The molecule has 1 aliphatic heterocycles. The van der Waals surface area contributed by atoms with Crippen LogP contribution in [0.3, 0.4) is 0 Å². The summed E-state index contributed by atoms with van der Waals surface area (Å²) in [5.41, 5.74) is 1.09. The van der Waals surface area contributed by atoms with Crippen LogP contribution in [0.1, 0.15) is 63.6 Å². The number of Topliss-reactive ketones (excluding diaryl/α,β-unsaturated/α-hetero) is 1. The number of hydrogen-bond acceptors (Lipinski definition) is 7. The molecule has 0 spiro atoms. The largest absolute Gasteiger partial charge is 0.507 e. The molecule has 1 heterocycles. The third-order valence-corrected chi connectivity index (χ3v) is 6.40. The van der Waals surface area contributed by atoms with Gasteiger partial charge in [0.15, 0.2) is 11.5 Å². The maximum Gasteiger partial charge on any atom is 0.295 e. The molecule has 1 amide bonds. The number of hydrogen-bond donors (Lipinski definition) is 1. The number of aliphatic hydroxyl groups is 1. The van der Waals surface area contributed by atoms with Gasteiger partial charge in [0.25, 0.3) is 11.7 Å². The maximum atomic E-state index is 13.3. The van der Waals surface area contributed by atoms with Gasteiger partial charge in [-0.2, -0.15) is 0 Å². The molecule has 8 nitrogen and oxygen atoms in total. The zero-order valence-electron chi connectivity index (χ0n) is 23.0. The molecular weight excluding hydrogens is 486 g/mol. The number of aliphatic hydroxyl groups excluding tert-OH is 1. The Labute approximate surface area is 225 Å². The van der Waals surface area contributed by atoms with Crippen LogP contribution < -0.4 is 14.2 Å². The molecule has 0 radical (unpaired) electrons. The Bertz CT molecular complexity index is 1120. The molecule has 0 aliphatic carbocycles. The van der Waals surface area contributed by atoms with Crippen LogP contribution in [-0.4, -0.2) is 61.8 Å². The highest BCUT2D eigenvalue weighted by Gasteiger charge is 2.46. The second kappa shape index (κ2) is 13.9. The molecule has 1 unspecified atom stereocenters. The number of carbonyl (C=O) groups excluding carboxylic acids is 2. The summed E-state index contributed by atoms with van der Waals surface area (Å²) in [6.07, 6.45) is 3.78. The predicted molar refractivity (Wildman–Crippen MR) is 146 cm³/mol. The Balaban J connectivity index is 1.98. The molecule has 0 aromatic heterocycles. The predicted octanol–water partition coefficient (Wildman–Crippen LogP) is 5.51. The minimum atomic E-state index is -0.793. The highest BCUT2D eigenvalue weighted by Crippen LogP contribution is 2.42. The van der Waals surface area contributed by atoms with Crippen LogP contribution >= 0.6 is 0 Å². The summed E-state index contributed by atoms with van der Waals surface area (Å²) >= 11 is 0. The number of amides is 1. The third kappa shape index (κ3) is 6.86. The molecule has 1 aliphatic rings. The summed E-state index contributed by atoms with van der Waals surface area (Å²) in [5.74, 6) is 0.0383. The van der Waals surface area contributed by atoms with Gasteiger partial charge in [-0.1, -0.05) is 25.8 Å². The van der Waals surface area contributed by atoms with Gasteiger partial charge in [0.1, 0.15) is 11.5 Å². The van der Waals surface area contributed by atoms with E-state index in [1.54, 1.807) is 42.5 Å². The van der Waals surface area contributed by atoms with Gasteiger partial charge in [0, 0.05) is 18.7 Å². The summed E-state index contributed by atoms with van der Waals surface area (Å²) in [6.45, 7) is 7.37. The van der Waals surface area contributed by atoms with E-state index in [-0.39, 0.29) is 24.0 Å². The third-order valence-electron chi connectivity index (χ3n) is 6.40. The van der Waals surface area contributed by atoms with Gasteiger partial charge in [0.05, 0.1) is 38.5 Å². The van der Waals surface area contributed by atoms with E-state index >= 15 is 0 Å². The fourth-order valence-corrected chi connectivity index (χ4v) is 4.44. The molecule has 2 aromatic carbocycles. The van der Waals surface area contributed by atoms with E-state index in [1.165, 1.54) is 19.1 Å². The molecule has 1 saturated heterocycles. The Hall–Kier alpha value is -3.52. The van der Waals surface area contributed by atoms with E-state index in [2.05, 4.69) is 6.92 Å². The fraction of sp³-hybridized carbons (Fsp3) is 0.467. The van der Waals surface area contributed by atoms with Crippen LogP contribution in [0.2, 0.25) is 0 Å². The Morgan fingerprint density at radius 2 is 1.66 bits per heavy atom. The molecule has 1 fully saturated rings. The number of unbranched alkanes of at least 4 members (excludes halogenated alkanes) is 2. The quantitative estimate of drug-likeness (QED) is 0.150. The van der Waals surface area contributed by atoms with Gasteiger partial charge < -0.3 is 29.0 Å². The molecule has 1 N–H and O–H groups in total. The zero-order chi connectivity index (χ0) is 27.7. The van der Waals surface area contributed by atoms with Gasteiger partial charge in [-0.25, -0.2) is 0 Å². The Morgan fingerprint density at radius 3 is 2.29 bits per heavy atom. The highest BCUT2D eigenvalue weighted by atomic mass is 16.5. The number of rotatable bonds is 14. The summed E-state index contributed by atoms with van der Waals surface area (Å²) in [4.78, 5) is 28.0. The van der Waals surface area contributed by atoms with Crippen molar-refractivity contribution in [2.45, 2.75) is 58.6 Å². The first-order valence-electron chi connectivity index (χ1n) is 13.2. The second-order valence-electron chi connectivity index (χ2n) is 9.46. The lowest BCUT2D eigenvalue weighted by Gasteiger charge is -2.26. The van der Waals surface area contributed by atoms with E-state index in [0.717, 1.165) is 19.3 Å². The fourth-order valence-electron chi connectivity index (χ4n) is 4.44. The van der Waals surface area contributed by atoms with Crippen molar-refractivity contribution in [2.24, 2.45) is 0 Å². The normalized spacial score (nSPS) is 16.8. The summed E-state index contributed by atoms with van der Waals surface area (Å²) in [7, 11) is 3.06. The Kier molecular flexibility index (Phi) is 10.6. The molecule has 3 rings (SSSR count). The van der Waals surface area contributed by atoms with Crippen LogP contribution in [0.5, 0.6) is 17.2 Å². The van der Waals surface area contributed by atoms with Crippen molar-refractivity contribution >= 4 is 17.4 Å². The summed E-state index contributed by atoms with van der Waals surface area (Å²) in [5, 5.41) is 11.3. The number of ether oxygens (including phenoxy) is 4. The smallest absolute Gasteiger partial charge is 0.295 e. The van der Waals surface area contributed by atoms with Gasteiger partial charge >= 0.3 is 0 Å². The molecule has 1 atom stereocenters. The van der Waals surface area contributed by atoms with Gasteiger partial charge in [-0.15, -0.1) is 0 Å². The van der Waals surface area contributed by atoms with Crippen LogP contribution in [0.15, 0.2) is 48.0 Å². The summed E-state index contributed by atoms with van der Waals surface area (Å²) in [6, 6.07) is 11.3. The molecule has 206 valence electrons. The lowest BCUT2D eigenvalue weighted by molar-refractivity contribution is -0.140. The van der Waals surface area contributed by atoms with Gasteiger partial charge in [-0.3, -0.25) is 9.59 Å². The molecule has 0 bridgehead atoms. The monoisotopic (exact) mass is 525 g/mol. The first-order valence-corrected chi connectivity index (χ1v) is 13.2. The number of nitrogens with zero attached hydrogens (tertiary/aromatic N) is 1.